The molecule has 1 aliphatic rings. The Morgan fingerprint density at radius 1 is 1.29 bits per heavy atom. The molecule has 2 unspecified atom stereocenters. The lowest BCUT2D eigenvalue weighted by Gasteiger charge is -2.33. The third-order valence-electron chi connectivity index (χ3n) is 4.63. The Bertz CT molecular complexity index is 452. The number of nitrogens with one attached hydrogen (secondary N) is 1. The van der Waals surface area contributed by atoms with Crippen LogP contribution in [0.5, 0.6) is 0 Å². The number of hydrogen-bond donors (Lipinski definition) is 3. The van der Waals surface area contributed by atoms with Gasteiger partial charge in [0.25, 0.3) is 0 Å². The number of amides is 1. The number of rotatable bonds is 5. The fourth-order valence-corrected chi connectivity index (χ4v) is 3.14. The lowest BCUT2D eigenvalue weighted by molar-refractivity contribution is -0.127. The van der Waals surface area contributed by atoms with Crippen molar-refractivity contribution < 1.29 is 4.79 Å². The van der Waals surface area contributed by atoms with E-state index in [9.17, 15) is 4.79 Å². The molecule has 0 heterocycles. The van der Waals surface area contributed by atoms with Crippen LogP contribution in [0.25, 0.3) is 0 Å². The zero-order valence-electron chi connectivity index (χ0n) is 12.8. The molecular formula is C17H27N3O. The first-order valence-corrected chi connectivity index (χ1v) is 7.91. The molecule has 4 heteroatoms. The average Bonchev–Trinajstić information content (AvgIpc) is 2.54. The van der Waals surface area contributed by atoms with Gasteiger partial charge in [0.2, 0.25) is 5.91 Å². The van der Waals surface area contributed by atoms with Crippen molar-refractivity contribution in [2.45, 2.75) is 50.6 Å². The summed E-state index contributed by atoms with van der Waals surface area (Å²) in [5.74, 6) is 0.342. The summed E-state index contributed by atoms with van der Waals surface area (Å²) in [6, 6.07) is 9.52. The first-order chi connectivity index (χ1) is 10.1. The van der Waals surface area contributed by atoms with Crippen LogP contribution in [0.3, 0.4) is 0 Å². The van der Waals surface area contributed by atoms with Gasteiger partial charge in [0.05, 0.1) is 0 Å². The van der Waals surface area contributed by atoms with Crippen LogP contribution >= 0.6 is 0 Å². The van der Waals surface area contributed by atoms with Gasteiger partial charge in [-0.05, 0) is 31.2 Å². The van der Waals surface area contributed by atoms with E-state index in [0.29, 0.717) is 12.5 Å². The van der Waals surface area contributed by atoms with Gasteiger partial charge in [-0.1, -0.05) is 49.6 Å². The van der Waals surface area contributed by atoms with E-state index in [1.165, 1.54) is 19.3 Å². The molecule has 5 N–H and O–H groups in total. The van der Waals surface area contributed by atoms with E-state index in [2.05, 4.69) is 5.32 Å². The van der Waals surface area contributed by atoms with Crippen LogP contribution in [0.15, 0.2) is 30.3 Å². The van der Waals surface area contributed by atoms with Gasteiger partial charge in [0, 0.05) is 12.6 Å². The Balaban J connectivity index is 2.04. The molecule has 1 fully saturated rings. The summed E-state index contributed by atoms with van der Waals surface area (Å²) in [5.41, 5.74) is 11.9. The smallest absolute Gasteiger partial charge is 0.244 e. The molecule has 0 bridgehead atoms. The average molecular weight is 289 g/mol. The van der Waals surface area contributed by atoms with Crippen molar-refractivity contribution in [2.75, 3.05) is 6.54 Å². The van der Waals surface area contributed by atoms with Crippen LogP contribution in [0, 0.1) is 5.92 Å². The van der Waals surface area contributed by atoms with Gasteiger partial charge >= 0.3 is 0 Å². The van der Waals surface area contributed by atoms with Gasteiger partial charge in [0.15, 0.2) is 0 Å². The van der Waals surface area contributed by atoms with Gasteiger partial charge in [-0.3, -0.25) is 4.79 Å². The zero-order chi connectivity index (χ0) is 15.3. The lowest BCUT2D eigenvalue weighted by Crippen LogP contribution is -2.55. The third kappa shape index (κ3) is 3.83. The van der Waals surface area contributed by atoms with Crippen molar-refractivity contribution in [3.8, 4) is 0 Å². The van der Waals surface area contributed by atoms with Crippen molar-refractivity contribution in [2.24, 2.45) is 17.4 Å². The van der Waals surface area contributed by atoms with Crippen LogP contribution in [0.4, 0.5) is 0 Å². The minimum atomic E-state index is -1.02. The SMILES string of the molecule is CC(N)(C(=O)NC(CN)C1CCCCC1)c1ccccc1. The number of carbonyl (C=O) groups is 1. The van der Waals surface area contributed by atoms with Crippen LogP contribution in [-0.4, -0.2) is 18.5 Å². The van der Waals surface area contributed by atoms with Crippen LogP contribution in [0.1, 0.15) is 44.6 Å². The highest BCUT2D eigenvalue weighted by Crippen LogP contribution is 2.27. The number of hydrogen-bond acceptors (Lipinski definition) is 3. The molecule has 116 valence electrons. The predicted octanol–water partition coefficient (Wildman–Crippen LogP) is 1.88. The number of nitrogens with two attached hydrogens (primary N) is 2. The maximum atomic E-state index is 12.6. The quantitative estimate of drug-likeness (QED) is 0.774. The minimum absolute atomic E-state index is 0.0318. The van der Waals surface area contributed by atoms with E-state index in [4.69, 9.17) is 11.5 Å². The first kappa shape index (κ1) is 16.0. The predicted molar refractivity (Wildman–Crippen MR) is 85.5 cm³/mol. The van der Waals surface area contributed by atoms with Gasteiger partial charge in [0.1, 0.15) is 5.54 Å². The molecule has 21 heavy (non-hydrogen) atoms. The summed E-state index contributed by atoms with van der Waals surface area (Å²) < 4.78 is 0. The molecule has 1 aromatic carbocycles. The molecule has 1 saturated carbocycles. The molecule has 0 aliphatic heterocycles. The molecule has 1 aromatic rings. The summed E-state index contributed by atoms with van der Waals surface area (Å²) in [6.45, 7) is 2.23. The molecule has 0 spiro atoms. The Labute approximate surface area is 127 Å². The molecule has 0 saturated heterocycles. The van der Waals surface area contributed by atoms with Gasteiger partial charge in [-0.2, -0.15) is 0 Å². The van der Waals surface area contributed by atoms with Crippen molar-refractivity contribution in [3.63, 3.8) is 0 Å². The third-order valence-corrected chi connectivity index (χ3v) is 4.63. The number of benzene rings is 1. The molecule has 4 nitrogen and oxygen atoms in total. The summed E-state index contributed by atoms with van der Waals surface area (Å²) in [6.07, 6.45) is 6.05. The summed E-state index contributed by atoms with van der Waals surface area (Å²) in [7, 11) is 0. The largest absolute Gasteiger partial charge is 0.350 e. The van der Waals surface area contributed by atoms with E-state index in [0.717, 1.165) is 18.4 Å². The minimum Gasteiger partial charge on any atom is -0.350 e. The highest BCUT2D eigenvalue weighted by atomic mass is 16.2. The highest BCUT2D eigenvalue weighted by Gasteiger charge is 2.33. The fraction of sp³-hybridized carbons (Fsp3) is 0.588. The maximum absolute atomic E-state index is 12.6. The first-order valence-electron chi connectivity index (χ1n) is 7.91. The van der Waals surface area contributed by atoms with Gasteiger partial charge < -0.3 is 16.8 Å². The van der Waals surface area contributed by atoms with Crippen LogP contribution in [-0.2, 0) is 10.3 Å². The summed E-state index contributed by atoms with van der Waals surface area (Å²) in [5, 5.41) is 3.09. The fourth-order valence-electron chi connectivity index (χ4n) is 3.14. The maximum Gasteiger partial charge on any atom is 0.244 e. The van der Waals surface area contributed by atoms with E-state index < -0.39 is 5.54 Å². The number of carbonyl (C=O) groups excluding carboxylic acids is 1. The van der Waals surface area contributed by atoms with E-state index in [1.54, 1.807) is 6.92 Å². The molecule has 1 amide bonds. The molecular weight excluding hydrogens is 262 g/mol. The van der Waals surface area contributed by atoms with Crippen LogP contribution < -0.4 is 16.8 Å². The van der Waals surface area contributed by atoms with Gasteiger partial charge in [-0.15, -0.1) is 0 Å². The Morgan fingerprint density at radius 3 is 2.48 bits per heavy atom. The van der Waals surface area contributed by atoms with Crippen molar-refractivity contribution >= 4 is 5.91 Å². The molecule has 0 radical (unpaired) electrons. The van der Waals surface area contributed by atoms with Crippen molar-refractivity contribution in [1.29, 1.82) is 0 Å². The molecule has 1 aliphatic carbocycles. The lowest BCUT2D eigenvalue weighted by atomic mass is 9.83. The van der Waals surface area contributed by atoms with Crippen molar-refractivity contribution in [3.05, 3.63) is 35.9 Å². The normalized spacial score (nSPS) is 20.5. The zero-order valence-corrected chi connectivity index (χ0v) is 12.8. The Hall–Kier alpha value is -1.39. The van der Waals surface area contributed by atoms with E-state index in [1.807, 2.05) is 30.3 Å². The van der Waals surface area contributed by atoms with Crippen molar-refractivity contribution in [1.82, 2.24) is 5.32 Å². The molecule has 0 aromatic heterocycles. The molecule has 2 atom stereocenters. The highest BCUT2D eigenvalue weighted by molar-refractivity contribution is 5.87. The summed E-state index contributed by atoms with van der Waals surface area (Å²) >= 11 is 0. The Kier molecular flexibility index (Phi) is 5.37. The molecule has 2 rings (SSSR count). The second-order valence-electron chi connectivity index (χ2n) is 6.28. The van der Waals surface area contributed by atoms with E-state index >= 15 is 0 Å². The topological polar surface area (TPSA) is 81.1 Å². The monoisotopic (exact) mass is 289 g/mol. The van der Waals surface area contributed by atoms with Crippen LogP contribution in [0.2, 0.25) is 0 Å². The van der Waals surface area contributed by atoms with Gasteiger partial charge in [-0.25, -0.2) is 0 Å². The standard InChI is InChI=1S/C17H27N3O/c1-17(19,14-10-6-3-7-11-14)16(21)20-15(12-18)13-8-4-2-5-9-13/h3,6-7,10-11,13,15H,2,4-5,8-9,12,18-19H2,1H3,(H,20,21). The second-order valence-corrected chi connectivity index (χ2v) is 6.28. The van der Waals surface area contributed by atoms with E-state index in [-0.39, 0.29) is 11.9 Å². The second kappa shape index (κ2) is 7.05. The Morgan fingerprint density at radius 2 is 1.90 bits per heavy atom. The summed E-state index contributed by atoms with van der Waals surface area (Å²) in [4.78, 5) is 12.6.